The lowest BCUT2D eigenvalue weighted by molar-refractivity contribution is 0.368. The van der Waals surface area contributed by atoms with Gasteiger partial charge in [-0.05, 0) is 36.8 Å². The Bertz CT molecular complexity index is 692. The Kier molecular flexibility index (Phi) is 7.08. The minimum atomic E-state index is -6.00. The average molecular weight is 386 g/mol. The van der Waals surface area contributed by atoms with E-state index in [2.05, 4.69) is 68.5 Å². The molecule has 0 nitrogen and oxygen atoms in total. The molecule has 1 heterocycles. The summed E-state index contributed by atoms with van der Waals surface area (Å²) >= 11 is 1.91. The molecule has 1 aliphatic heterocycles. The highest BCUT2D eigenvalue weighted by Gasteiger charge is 2.38. The van der Waals surface area contributed by atoms with Gasteiger partial charge in [0.25, 0.3) is 0 Å². The van der Waals surface area contributed by atoms with Crippen LogP contribution in [0.1, 0.15) is 26.7 Å². The van der Waals surface area contributed by atoms with Crippen LogP contribution in [0.2, 0.25) is 0 Å². The molecule has 0 unspecified atom stereocenters. The Morgan fingerprint density at radius 2 is 1.36 bits per heavy atom. The third kappa shape index (κ3) is 5.58. The van der Waals surface area contributed by atoms with Crippen LogP contribution < -0.4 is 0 Å². The molecule has 1 aliphatic rings. The maximum absolute atomic E-state index is 9.75. The van der Waals surface area contributed by atoms with Gasteiger partial charge >= 0.3 is 7.25 Å². The van der Waals surface area contributed by atoms with E-state index in [1.807, 2.05) is 11.8 Å². The van der Waals surface area contributed by atoms with Crippen LogP contribution >= 0.6 is 11.8 Å². The monoisotopic (exact) mass is 386 g/mol. The van der Waals surface area contributed by atoms with Gasteiger partial charge in [0.15, 0.2) is 9.79 Å². The average Bonchev–Trinajstić information content (AvgIpc) is 2.56. The Morgan fingerprint density at radius 3 is 1.76 bits per heavy atom. The van der Waals surface area contributed by atoms with Crippen molar-refractivity contribution in [2.75, 3.05) is 0 Å². The fraction of sp³-hybridized carbons (Fsp3) is 0.222. The molecule has 0 amide bonds. The first-order valence-corrected chi connectivity index (χ1v) is 10.1. The standard InChI is InChI=1S/C18H19S2.BF4/c1-3-9-14(4-2)20-17-12-7-5-10-15(17)19-16-11-6-8-13-18(16)20;2-1(3,4)5/h5-13H,3-4H2,1-2H3;/q+1;-1. The minimum absolute atomic E-state index is 0.108. The predicted octanol–water partition coefficient (Wildman–Crippen LogP) is 7.19. The number of allylic oxidation sites excluding steroid dienone is 2. The normalized spacial score (nSPS) is 14.2. The van der Waals surface area contributed by atoms with Crippen LogP contribution in [0.5, 0.6) is 0 Å². The molecular weight excluding hydrogens is 367 g/mol. The second-order valence-corrected chi connectivity index (χ2v) is 8.33. The second-order valence-electron chi connectivity index (χ2n) is 5.23. The summed E-state index contributed by atoms with van der Waals surface area (Å²) in [6.45, 7) is 4.51. The van der Waals surface area contributed by atoms with E-state index >= 15 is 0 Å². The lowest BCUT2D eigenvalue weighted by atomic mass is 10.3. The van der Waals surface area contributed by atoms with Crippen LogP contribution in [0, 0.1) is 0 Å². The molecule has 0 N–H and O–H groups in total. The summed E-state index contributed by atoms with van der Waals surface area (Å²) in [7, 11) is -5.89. The Morgan fingerprint density at radius 1 is 0.920 bits per heavy atom. The predicted molar refractivity (Wildman–Crippen MR) is 99.8 cm³/mol. The van der Waals surface area contributed by atoms with Crippen molar-refractivity contribution in [3.8, 4) is 0 Å². The molecule has 3 rings (SSSR count). The summed E-state index contributed by atoms with van der Waals surface area (Å²) in [5, 5.41) is 0. The second kappa shape index (κ2) is 8.85. The maximum Gasteiger partial charge on any atom is 0.673 e. The zero-order valence-electron chi connectivity index (χ0n) is 14.0. The number of rotatable bonds is 3. The highest BCUT2D eigenvalue weighted by molar-refractivity contribution is 8.05. The number of hydrogen-bond acceptors (Lipinski definition) is 1. The Labute approximate surface area is 153 Å². The molecule has 7 heteroatoms. The van der Waals surface area contributed by atoms with E-state index in [0.29, 0.717) is 0 Å². The summed E-state index contributed by atoms with van der Waals surface area (Å²) in [6.07, 6.45) is 4.67. The molecule has 0 aromatic heterocycles. The van der Waals surface area contributed by atoms with E-state index < -0.39 is 7.25 Å². The van der Waals surface area contributed by atoms with Crippen LogP contribution in [-0.2, 0) is 10.9 Å². The van der Waals surface area contributed by atoms with Crippen molar-refractivity contribution in [1.82, 2.24) is 0 Å². The van der Waals surface area contributed by atoms with Crippen molar-refractivity contribution in [2.24, 2.45) is 0 Å². The molecule has 0 radical (unpaired) electrons. The third-order valence-electron chi connectivity index (χ3n) is 3.40. The van der Waals surface area contributed by atoms with Gasteiger partial charge in [0.05, 0.1) is 20.7 Å². The summed E-state index contributed by atoms with van der Waals surface area (Å²) in [6, 6.07) is 17.8. The molecule has 0 spiro atoms. The van der Waals surface area contributed by atoms with E-state index in [-0.39, 0.29) is 10.9 Å². The van der Waals surface area contributed by atoms with Crippen LogP contribution in [0.3, 0.4) is 0 Å². The molecular formula is C18H19BF4S2. The van der Waals surface area contributed by atoms with Gasteiger partial charge in [0.2, 0.25) is 0 Å². The number of hydrogen-bond donors (Lipinski definition) is 0. The molecule has 0 fully saturated rings. The fourth-order valence-corrected chi connectivity index (χ4v) is 6.53. The first-order chi connectivity index (χ1) is 11.8. The van der Waals surface area contributed by atoms with Gasteiger partial charge in [-0.25, -0.2) is 0 Å². The molecule has 2 aromatic carbocycles. The van der Waals surface area contributed by atoms with Gasteiger partial charge in [-0.3, -0.25) is 0 Å². The molecule has 0 saturated carbocycles. The summed E-state index contributed by atoms with van der Waals surface area (Å²) < 4.78 is 39.0. The van der Waals surface area contributed by atoms with Crippen molar-refractivity contribution in [2.45, 2.75) is 46.3 Å². The zero-order valence-corrected chi connectivity index (χ0v) is 15.6. The molecule has 2 aromatic rings. The van der Waals surface area contributed by atoms with E-state index in [1.165, 1.54) is 19.6 Å². The topological polar surface area (TPSA) is 0 Å². The fourth-order valence-electron chi connectivity index (χ4n) is 2.53. The molecule has 0 bridgehead atoms. The Balaban J connectivity index is 0.000000399. The highest BCUT2D eigenvalue weighted by atomic mass is 32.2. The van der Waals surface area contributed by atoms with E-state index in [9.17, 15) is 17.3 Å². The number of halogens is 4. The van der Waals surface area contributed by atoms with Crippen molar-refractivity contribution >= 4 is 29.9 Å². The molecule has 25 heavy (non-hydrogen) atoms. The van der Waals surface area contributed by atoms with Gasteiger partial charge in [-0.15, -0.1) is 0 Å². The maximum atomic E-state index is 9.75. The smallest absolute Gasteiger partial charge is 0.418 e. The first-order valence-electron chi connectivity index (χ1n) is 8.01. The van der Waals surface area contributed by atoms with Gasteiger partial charge in [-0.1, -0.05) is 49.9 Å². The lowest BCUT2D eigenvalue weighted by Crippen LogP contribution is -2.12. The lowest BCUT2D eigenvalue weighted by Gasteiger charge is -2.19. The van der Waals surface area contributed by atoms with Crippen LogP contribution in [0.15, 0.2) is 79.1 Å². The number of fused-ring (bicyclic) bond motifs is 2. The van der Waals surface area contributed by atoms with E-state index in [1.54, 1.807) is 4.91 Å². The summed E-state index contributed by atoms with van der Waals surface area (Å²) in [5.41, 5.74) is 0. The van der Waals surface area contributed by atoms with Gasteiger partial charge in [0, 0.05) is 6.42 Å². The zero-order chi connectivity index (χ0) is 18.4. The summed E-state index contributed by atoms with van der Waals surface area (Å²) in [5.74, 6) is 0. The Hall–Kier alpha value is -1.34. The summed E-state index contributed by atoms with van der Waals surface area (Å²) in [4.78, 5) is 7.41. The first kappa shape index (κ1) is 20.0. The SMILES string of the molecule is CCC=C(CC)[S+]1c2ccccc2Sc2ccccc21.F[B-](F)(F)F. The molecule has 0 saturated heterocycles. The van der Waals surface area contributed by atoms with E-state index in [0.717, 1.165) is 12.8 Å². The van der Waals surface area contributed by atoms with Crippen LogP contribution in [0.4, 0.5) is 17.3 Å². The van der Waals surface area contributed by atoms with Gasteiger partial charge < -0.3 is 17.3 Å². The van der Waals surface area contributed by atoms with Gasteiger partial charge in [0.1, 0.15) is 4.91 Å². The van der Waals surface area contributed by atoms with Crippen molar-refractivity contribution in [1.29, 1.82) is 0 Å². The largest absolute Gasteiger partial charge is 0.673 e. The van der Waals surface area contributed by atoms with Crippen LogP contribution in [-0.4, -0.2) is 7.25 Å². The molecule has 0 aliphatic carbocycles. The highest BCUT2D eigenvalue weighted by Crippen LogP contribution is 2.48. The van der Waals surface area contributed by atoms with Crippen molar-refractivity contribution < 1.29 is 17.3 Å². The number of benzene rings is 2. The van der Waals surface area contributed by atoms with Gasteiger partial charge in [-0.2, -0.15) is 0 Å². The quantitative estimate of drug-likeness (QED) is 0.306. The molecule has 134 valence electrons. The molecule has 0 atom stereocenters. The third-order valence-corrected chi connectivity index (χ3v) is 7.38. The van der Waals surface area contributed by atoms with Crippen molar-refractivity contribution in [3.63, 3.8) is 0 Å². The van der Waals surface area contributed by atoms with Crippen LogP contribution in [0.25, 0.3) is 0 Å². The van der Waals surface area contributed by atoms with Crippen molar-refractivity contribution in [3.05, 3.63) is 59.5 Å². The minimum Gasteiger partial charge on any atom is -0.418 e. The van der Waals surface area contributed by atoms with E-state index in [4.69, 9.17) is 0 Å².